The molecule has 2 amide bonds. The fraction of sp³-hybridized carbons (Fsp3) is 0.750. The third-order valence-corrected chi connectivity index (χ3v) is 4.65. The van der Waals surface area contributed by atoms with Gasteiger partial charge in [-0.1, -0.05) is 0 Å². The van der Waals surface area contributed by atoms with E-state index in [1.165, 1.54) is 0 Å². The molecule has 2 aliphatic heterocycles. The minimum atomic E-state index is -0.0486. The van der Waals surface area contributed by atoms with Gasteiger partial charge >= 0.3 is 6.03 Å². The quantitative estimate of drug-likeness (QED) is 0.926. The molecule has 0 spiro atoms. The predicted molar refractivity (Wildman–Crippen MR) is 83.5 cm³/mol. The molecule has 0 radical (unpaired) electrons. The molecule has 0 unspecified atom stereocenters. The second-order valence-electron chi connectivity index (χ2n) is 6.97. The highest BCUT2D eigenvalue weighted by Gasteiger charge is 2.33. The molecule has 1 aromatic heterocycles. The molecule has 3 heterocycles. The number of hydrogen-bond acceptors (Lipinski definition) is 3. The Kier molecular flexibility index (Phi) is 4.38. The van der Waals surface area contributed by atoms with Gasteiger partial charge in [0.2, 0.25) is 0 Å². The minimum Gasteiger partial charge on any atom is -0.371 e. The summed E-state index contributed by atoms with van der Waals surface area (Å²) in [7, 11) is 0. The highest BCUT2D eigenvalue weighted by molar-refractivity contribution is 5.74. The summed E-state index contributed by atoms with van der Waals surface area (Å²) >= 11 is 0. The Labute approximate surface area is 131 Å². The second kappa shape index (κ2) is 6.28. The first-order valence-corrected chi connectivity index (χ1v) is 8.21. The lowest BCUT2D eigenvalue weighted by Crippen LogP contribution is -2.46. The number of carbonyl (C=O) groups excluding carboxylic acids is 1. The number of carbonyl (C=O) groups is 1. The van der Waals surface area contributed by atoms with Crippen LogP contribution >= 0.6 is 0 Å². The van der Waals surface area contributed by atoms with Gasteiger partial charge in [-0.25, -0.2) is 9.78 Å². The summed E-state index contributed by atoms with van der Waals surface area (Å²) in [4.78, 5) is 18.5. The van der Waals surface area contributed by atoms with Gasteiger partial charge in [-0.3, -0.25) is 0 Å². The summed E-state index contributed by atoms with van der Waals surface area (Å²) in [5.41, 5.74) is -0.0486. The Morgan fingerprint density at radius 1 is 1.45 bits per heavy atom. The van der Waals surface area contributed by atoms with Crippen LogP contribution < -0.4 is 5.32 Å². The summed E-state index contributed by atoms with van der Waals surface area (Å²) < 4.78 is 7.97. The third kappa shape index (κ3) is 3.61. The van der Waals surface area contributed by atoms with Gasteiger partial charge in [0, 0.05) is 32.0 Å². The molecular weight excluding hydrogens is 280 g/mol. The van der Waals surface area contributed by atoms with E-state index in [2.05, 4.69) is 24.1 Å². The number of nitrogens with zero attached hydrogens (tertiary/aromatic N) is 3. The first kappa shape index (κ1) is 15.3. The van der Waals surface area contributed by atoms with E-state index < -0.39 is 0 Å². The van der Waals surface area contributed by atoms with Crippen LogP contribution in [-0.2, 0) is 11.3 Å². The fourth-order valence-corrected chi connectivity index (χ4v) is 3.46. The first-order valence-electron chi connectivity index (χ1n) is 8.21. The Morgan fingerprint density at radius 2 is 2.32 bits per heavy atom. The number of likely N-dealkylation sites (tertiary alicyclic amines) is 1. The summed E-state index contributed by atoms with van der Waals surface area (Å²) in [6, 6.07) is 0.297. The number of urea groups is 1. The zero-order valence-electron chi connectivity index (χ0n) is 13.5. The molecule has 2 saturated heterocycles. The van der Waals surface area contributed by atoms with Gasteiger partial charge in [0.1, 0.15) is 0 Å². The smallest absolute Gasteiger partial charge is 0.317 e. The van der Waals surface area contributed by atoms with E-state index in [0.29, 0.717) is 6.54 Å². The fourth-order valence-electron chi connectivity index (χ4n) is 3.46. The number of hydrogen-bond donors (Lipinski definition) is 1. The molecule has 6 nitrogen and oxygen atoms in total. The van der Waals surface area contributed by atoms with Crippen molar-refractivity contribution in [3.8, 4) is 0 Å². The molecule has 0 aliphatic carbocycles. The molecule has 2 fully saturated rings. The second-order valence-corrected chi connectivity index (χ2v) is 6.97. The molecular formula is C16H26N4O2. The van der Waals surface area contributed by atoms with Gasteiger partial charge < -0.3 is 19.5 Å². The molecule has 6 heteroatoms. The Hall–Kier alpha value is -1.56. The molecule has 0 saturated carbocycles. The molecule has 1 N–H and O–H groups in total. The zero-order chi connectivity index (χ0) is 15.6. The highest BCUT2D eigenvalue weighted by atomic mass is 16.5. The zero-order valence-corrected chi connectivity index (χ0v) is 13.5. The normalized spacial score (nSPS) is 27.3. The van der Waals surface area contributed by atoms with Gasteiger partial charge in [0.05, 0.1) is 24.1 Å². The highest BCUT2D eigenvalue weighted by Crippen LogP contribution is 2.29. The van der Waals surface area contributed by atoms with E-state index in [4.69, 9.17) is 4.74 Å². The van der Waals surface area contributed by atoms with Crippen LogP contribution in [0.3, 0.4) is 0 Å². The molecule has 0 aromatic carbocycles. The van der Waals surface area contributed by atoms with Crippen LogP contribution in [0, 0.1) is 0 Å². The van der Waals surface area contributed by atoms with Gasteiger partial charge in [-0.15, -0.1) is 0 Å². The van der Waals surface area contributed by atoms with Crippen molar-refractivity contribution >= 4 is 6.03 Å². The molecule has 2 aliphatic rings. The lowest BCUT2D eigenvalue weighted by molar-refractivity contribution is -0.0136. The average molecular weight is 306 g/mol. The van der Waals surface area contributed by atoms with Crippen molar-refractivity contribution in [3.05, 3.63) is 18.7 Å². The van der Waals surface area contributed by atoms with E-state index in [-0.39, 0.29) is 23.8 Å². The lowest BCUT2D eigenvalue weighted by Gasteiger charge is -2.26. The molecule has 22 heavy (non-hydrogen) atoms. The standard InChI is InChI=1S/C16H26N4O2/c1-16(2)6-5-14(22-16)10-18-15(21)20-8-3-4-13(20)11-19-9-7-17-12-19/h7,9,12-14H,3-6,8,10-11H2,1-2H3,(H,18,21)/t13-,14-/m0/s1. The number of amides is 2. The summed E-state index contributed by atoms with van der Waals surface area (Å²) in [6.45, 7) is 6.48. The largest absolute Gasteiger partial charge is 0.371 e. The Morgan fingerprint density at radius 3 is 3.00 bits per heavy atom. The van der Waals surface area contributed by atoms with Crippen LogP contribution in [0.25, 0.3) is 0 Å². The maximum Gasteiger partial charge on any atom is 0.317 e. The monoisotopic (exact) mass is 306 g/mol. The van der Waals surface area contributed by atoms with E-state index in [0.717, 1.165) is 38.8 Å². The lowest BCUT2D eigenvalue weighted by atomic mass is 10.1. The van der Waals surface area contributed by atoms with Crippen molar-refractivity contribution in [1.29, 1.82) is 0 Å². The maximum atomic E-state index is 12.4. The van der Waals surface area contributed by atoms with Gasteiger partial charge in [0.15, 0.2) is 0 Å². The van der Waals surface area contributed by atoms with Crippen LogP contribution in [0.1, 0.15) is 39.5 Å². The van der Waals surface area contributed by atoms with Crippen molar-refractivity contribution in [2.75, 3.05) is 13.1 Å². The van der Waals surface area contributed by atoms with Gasteiger partial charge in [0.25, 0.3) is 0 Å². The van der Waals surface area contributed by atoms with E-state index in [1.54, 1.807) is 6.20 Å². The van der Waals surface area contributed by atoms with Crippen LogP contribution in [-0.4, -0.2) is 51.3 Å². The summed E-state index contributed by atoms with van der Waals surface area (Å²) in [5, 5.41) is 3.05. The Bertz CT molecular complexity index is 500. The van der Waals surface area contributed by atoms with Crippen LogP contribution in [0.2, 0.25) is 0 Å². The van der Waals surface area contributed by atoms with Gasteiger partial charge in [-0.05, 0) is 39.5 Å². The average Bonchev–Trinajstić information content (AvgIpc) is 3.18. The van der Waals surface area contributed by atoms with Crippen LogP contribution in [0.4, 0.5) is 4.79 Å². The number of aromatic nitrogens is 2. The number of rotatable bonds is 4. The van der Waals surface area contributed by atoms with Gasteiger partial charge in [-0.2, -0.15) is 0 Å². The predicted octanol–water partition coefficient (Wildman–Crippen LogP) is 2.01. The van der Waals surface area contributed by atoms with E-state index >= 15 is 0 Å². The Balaban J connectivity index is 1.48. The van der Waals surface area contributed by atoms with Crippen molar-refractivity contribution in [2.24, 2.45) is 0 Å². The van der Waals surface area contributed by atoms with Crippen molar-refractivity contribution < 1.29 is 9.53 Å². The van der Waals surface area contributed by atoms with E-state index in [9.17, 15) is 4.79 Å². The van der Waals surface area contributed by atoms with Crippen LogP contribution in [0.5, 0.6) is 0 Å². The summed E-state index contributed by atoms with van der Waals surface area (Å²) in [5.74, 6) is 0. The number of imidazole rings is 1. The maximum absolute atomic E-state index is 12.4. The number of ether oxygens (including phenoxy) is 1. The van der Waals surface area contributed by atoms with Crippen molar-refractivity contribution in [3.63, 3.8) is 0 Å². The first-order chi connectivity index (χ1) is 10.5. The minimum absolute atomic E-state index is 0.0379. The third-order valence-electron chi connectivity index (χ3n) is 4.65. The van der Waals surface area contributed by atoms with Crippen molar-refractivity contribution in [1.82, 2.24) is 19.8 Å². The molecule has 1 aromatic rings. The molecule has 2 atom stereocenters. The molecule has 3 rings (SSSR count). The van der Waals surface area contributed by atoms with Crippen molar-refractivity contribution in [2.45, 2.75) is 63.8 Å². The SMILES string of the molecule is CC1(C)CC[C@@H](CNC(=O)N2CCC[C@H]2Cn2ccnc2)O1. The topological polar surface area (TPSA) is 59.4 Å². The molecule has 122 valence electrons. The number of nitrogens with one attached hydrogen (secondary N) is 1. The van der Waals surface area contributed by atoms with E-state index in [1.807, 2.05) is 22.0 Å². The molecule has 0 bridgehead atoms. The van der Waals surface area contributed by atoms with Crippen LogP contribution in [0.15, 0.2) is 18.7 Å². The summed E-state index contributed by atoms with van der Waals surface area (Å²) in [6.07, 6.45) is 9.88.